The minimum absolute atomic E-state index is 0.0617. The number of rotatable bonds is 11. The Hall–Kier alpha value is -2.51. The fourth-order valence-electron chi connectivity index (χ4n) is 3.64. The van der Waals surface area contributed by atoms with Gasteiger partial charge in [-0.25, -0.2) is 4.90 Å². The number of carbonyl (C=O) groups excluding carboxylic acids is 2. The largest absolute Gasteiger partial charge is 0.497 e. The van der Waals surface area contributed by atoms with Crippen LogP contribution in [0.2, 0.25) is 0 Å². The van der Waals surface area contributed by atoms with Crippen molar-refractivity contribution in [2.45, 2.75) is 33.1 Å². The van der Waals surface area contributed by atoms with E-state index in [1.165, 1.54) is 0 Å². The van der Waals surface area contributed by atoms with Crippen LogP contribution in [-0.4, -0.2) is 48.9 Å². The first-order valence-corrected chi connectivity index (χ1v) is 12.1. The number of methoxy groups -OCH3 is 1. The zero-order valence-corrected chi connectivity index (χ0v) is 19.6. The lowest BCUT2D eigenvalue weighted by Gasteiger charge is -2.38. The molecule has 0 fully saturated rings. The number of nitrogens with zero attached hydrogens (tertiary/aromatic N) is 1. The van der Waals surface area contributed by atoms with Crippen molar-refractivity contribution < 1.29 is 32.7 Å². The van der Waals surface area contributed by atoms with E-state index in [2.05, 4.69) is 0 Å². The van der Waals surface area contributed by atoms with E-state index in [1.54, 1.807) is 64.3 Å². The van der Waals surface area contributed by atoms with Gasteiger partial charge < -0.3 is 18.5 Å². The van der Waals surface area contributed by atoms with Gasteiger partial charge in [0.15, 0.2) is 5.72 Å². The molecule has 172 valence electrons. The number of imide groups is 1. The second-order valence-corrected chi connectivity index (χ2v) is 9.46. The maximum Gasteiger partial charge on any atom is 0.335 e. The zero-order valence-electron chi connectivity index (χ0n) is 18.7. The molecule has 0 radical (unpaired) electrons. The highest BCUT2D eigenvalue weighted by Gasteiger charge is 2.51. The van der Waals surface area contributed by atoms with E-state index < -0.39 is 25.1 Å². The summed E-state index contributed by atoms with van der Waals surface area (Å²) in [6.07, 6.45) is -0.302. The Morgan fingerprint density at radius 1 is 0.906 bits per heavy atom. The lowest BCUT2D eigenvalue weighted by molar-refractivity contribution is -0.104. The smallest absolute Gasteiger partial charge is 0.335 e. The predicted molar refractivity (Wildman–Crippen MR) is 119 cm³/mol. The highest BCUT2D eigenvalue weighted by Crippen LogP contribution is 2.52. The van der Waals surface area contributed by atoms with E-state index in [4.69, 9.17) is 18.5 Å². The van der Waals surface area contributed by atoms with Crippen LogP contribution in [0.25, 0.3) is 0 Å². The minimum atomic E-state index is -3.67. The summed E-state index contributed by atoms with van der Waals surface area (Å²) in [5.41, 5.74) is -0.234. The lowest BCUT2D eigenvalue weighted by atomic mass is 10.1. The summed E-state index contributed by atoms with van der Waals surface area (Å²) in [5, 5.41) is 0. The van der Waals surface area contributed by atoms with E-state index in [1.807, 2.05) is 12.1 Å². The molecule has 1 atom stereocenters. The molecular weight excluding hydrogens is 433 g/mol. The maximum absolute atomic E-state index is 13.4. The van der Waals surface area contributed by atoms with E-state index in [0.717, 1.165) is 10.5 Å². The van der Waals surface area contributed by atoms with Crippen molar-refractivity contribution in [1.82, 2.24) is 4.90 Å². The Labute approximate surface area is 187 Å². The molecule has 0 bridgehead atoms. The SMILES string of the molecule is CCOP(=O)(CC(C)(OCc1ccc(OC)cc1)N1C(=O)c2ccccc2C1=O)OCC. The highest BCUT2D eigenvalue weighted by molar-refractivity contribution is 7.53. The number of fused-ring (bicyclic) bond motifs is 1. The van der Waals surface area contributed by atoms with Gasteiger partial charge >= 0.3 is 7.60 Å². The van der Waals surface area contributed by atoms with Crippen LogP contribution in [0.3, 0.4) is 0 Å². The summed E-state index contributed by atoms with van der Waals surface area (Å²) in [6.45, 7) is 5.31. The van der Waals surface area contributed by atoms with Gasteiger partial charge in [0.2, 0.25) is 0 Å². The summed E-state index contributed by atoms with van der Waals surface area (Å²) in [4.78, 5) is 27.4. The first-order chi connectivity index (χ1) is 15.3. The molecule has 2 amide bonds. The third kappa shape index (κ3) is 4.94. The number of ether oxygens (including phenoxy) is 2. The number of hydrogen-bond acceptors (Lipinski definition) is 7. The number of benzene rings is 2. The first kappa shape index (κ1) is 24.1. The molecule has 0 saturated carbocycles. The Balaban J connectivity index is 1.95. The van der Waals surface area contributed by atoms with Crippen LogP contribution in [0.15, 0.2) is 48.5 Å². The Morgan fingerprint density at radius 2 is 1.44 bits per heavy atom. The molecule has 9 heteroatoms. The number of hydrogen-bond donors (Lipinski definition) is 0. The first-order valence-electron chi connectivity index (χ1n) is 10.4. The van der Waals surface area contributed by atoms with E-state index in [-0.39, 0.29) is 37.1 Å². The molecule has 1 unspecified atom stereocenters. The monoisotopic (exact) mass is 461 g/mol. The second-order valence-electron chi connectivity index (χ2n) is 7.41. The molecule has 1 aliphatic rings. The van der Waals surface area contributed by atoms with Crippen molar-refractivity contribution in [3.8, 4) is 5.75 Å². The molecule has 0 spiro atoms. The quantitative estimate of drug-likeness (QED) is 0.360. The average molecular weight is 461 g/mol. The van der Waals surface area contributed by atoms with Gasteiger partial charge in [-0.05, 0) is 50.6 Å². The summed E-state index contributed by atoms with van der Waals surface area (Å²) in [6, 6.07) is 13.7. The fraction of sp³-hybridized carbons (Fsp3) is 0.391. The van der Waals surface area contributed by atoms with E-state index in [0.29, 0.717) is 5.75 Å². The van der Waals surface area contributed by atoms with E-state index >= 15 is 0 Å². The van der Waals surface area contributed by atoms with Gasteiger partial charge in [0.25, 0.3) is 11.8 Å². The molecular formula is C23H28NO7P. The van der Waals surface area contributed by atoms with Crippen LogP contribution in [-0.2, 0) is 25.0 Å². The van der Waals surface area contributed by atoms with E-state index in [9.17, 15) is 14.2 Å². The van der Waals surface area contributed by atoms with Crippen LogP contribution < -0.4 is 4.74 Å². The predicted octanol–water partition coefficient (Wildman–Crippen LogP) is 4.49. The van der Waals surface area contributed by atoms with Crippen molar-refractivity contribution >= 4 is 19.4 Å². The van der Waals surface area contributed by atoms with Crippen LogP contribution in [0.5, 0.6) is 5.75 Å². The molecule has 0 saturated heterocycles. The molecule has 0 N–H and O–H groups in total. The Bertz CT molecular complexity index is 978. The van der Waals surface area contributed by atoms with Crippen LogP contribution in [0.4, 0.5) is 0 Å². The van der Waals surface area contributed by atoms with Gasteiger partial charge in [-0.1, -0.05) is 24.3 Å². The fourth-order valence-corrected chi connectivity index (χ4v) is 5.64. The third-order valence-electron chi connectivity index (χ3n) is 5.11. The minimum Gasteiger partial charge on any atom is -0.497 e. The number of amides is 2. The van der Waals surface area contributed by atoms with Gasteiger partial charge in [-0.3, -0.25) is 14.2 Å². The van der Waals surface area contributed by atoms with Crippen molar-refractivity contribution in [3.05, 3.63) is 65.2 Å². The third-order valence-corrected chi connectivity index (χ3v) is 7.39. The maximum atomic E-state index is 13.4. The van der Waals surface area contributed by atoms with Crippen LogP contribution in [0.1, 0.15) is 47.1 Å². The molecule has 2 aromatic rings. The molecule has 32 heavy (non-hydrogen) atoms. The molecule has 3 rings (SSSR count). The average Bonchev–Trinajstić information content (AvgIpc) is 3.04. The summed E-state index contributed by atoms with van der Waals surface area (Å²) in [5.74, 6) is -0.334. The van der Waals surface area contributed by atoms with Gasteiger partial charge in [0.1, 0.15) is 5.75 Å². The lowest BCUT2D eigenvalue weighted by Crippen LogP contribution is -2.54. The van der Waals surface area contributed by atoms with Crippen molar-refractivity contribution in [2.24, 2.45) is 0 Å². The molecule has 2 aromatic carbocycles. The highest BCUT2D eigenvalue weighted by atomic mass is 31.2. The molecule has 0 aliphatic carbocycles. The van der Waals surface area contributed by atoms with Crippen LogP contribution in [0, 0.1) is 0 Å². The van der Waals surface area contributed by atoms with Crippen molar-refractivity contribution in [3.63, 3.8) is 0 Å². The van der Waals surface area contributed by atoms with Crippen LogP contribution >= 0.6 is 7.60 Å². The summed E-state index contributed by atoms with van der Waals surface area (Å²) < 4.78 is 35.6. The van der Waals surface area contributed by atoms with Gasteiger partial charge in [0, 0.05) is 0 Å². The van der Waals surface area contributed by atoms with Crippen molar-refractivity contribution in [1.29, 1.82) is 0 Å². The van der Waals surface area contributed by atoms with Gasteiger partial charge in [-0.15, -0.1) is 0 Å². The zero-order chi connectivity index (χ0) is 23.4. The second kappa shape index (κ2) is 9.96. The van der Waals surface area contributed by atoms with Crippen molar-refractivity contribution in [2.75, 3.05) is 26.5 Å². The summed E-state index contributed by atoms with van der Waals surface area (Å²) >= 11 is 0. The summed E-state index contributed by atoms with van der Waals surface area (Å²) in [7, 11) is -2.09. The molecule has 0 aromatic heterocycles. The topological polar surface area (TPSA) is 91.4 Å². The molecule has 8 nitrogen and oxygen atoms in total. The molecule has 1 aliphatic heterocycles. The standard InChI is InChI=1S/C23H28NO7P/c1-5-30-32(27,31-6-2)16-23(3,29-15-17-11-13-18(28-4)14-12-17)24-21(25)19-9-7-8-10-20(19)22(24)26/h7-14H,5-6,15-16H2,1-4H3. The Kier molecular flexibility index (Phi) is 7.51. The molecule has 1 heterocycles. The van der Waals surface area contributed by atoms with Gasteiger partial charge in [0.05, 0.1) is 44.2 Å². The Morgan fingerprint density at radius 3 is 1.91 bits per heavy atom. The number of carbonyl (C=O) groups is 2. The normalized spacial score (nSPS) is 15.6. The van der Waals surface area contributed by atoms with Gasteiger partial charge in [-0.2, -0.15) is 0 Å².